The Morgan fingerprint density at radius 2 is 1.86 bits per heavy atom. The molecule has 0 aromatic heterocycles. The third kappa shape index (κ3) is 3.21. The molecule has 1 aromatic carbocycles. The molecule has 3 heteroatoms. The van der Waals surface area contributed by atoms with Crippen LogP contribution in [0.4, 0.5) is 4.39 Å². The first kappa shape index (κ1) is 14.6. The monoisotopic (exact) mass is 302 g/mol. The molecule has 0 amide bonds. The molecule has 1 N–H and O–H groups in total. The number of rotatable bonds is 5. The summed E-state index contributed by atoms with van der Waals surface area (Å²) in [6.45, 7) is 3.76. The minimum atomic E-state index is -0.127. The van der Waals surface area contributed by atoms with Gasteiger partial charge in [-0.25, -0.2) is 4.39 Å². The molecule has 3 fully saturated rings. The maximum atomic E-state index is 13.1. The van der Waals surface area contributed by atoms with Crippen molar-refractivity contribution in [1.29, 1.82) is 0 Å². The van der Waals surface area contributed by atoms with E-state index in [1.165, 1.54) is 57.2 Å². The normalized spacial score (nSPS) is 32.7. The lowest BCUT2D eigenvalue weighted by molar-refractivity contribution is 0.308. The van der Waals surface area contributed by atoms with E-state index in [4.69, 9.17) is 0 Å². The Hall–Kier alpha value is -0.930. The number of halogens is 1. The second-order valence-electron chi connectivity index (χ2n) is 7.48. The Morgan fingerprint density at radius 3 is 2.64 bits per heavy atom. The van der Waals surface area contributed by atoms with E-state index in [9.17, 15) is 4.39 Å². The summed E-state index contributed by atoms with van der Waals surface area (Å²) < 4.78 is 13.1. The van der Waals surface area contributed by atoms with Gasteiger partial charge < -0.3 is 10.2 Å². The highest BCUT2D eigenvalue weighted by atomic mass is 19.1. The van der Waals surface area contributed by atoms with Gasteiger partial charge in [0, 0.05) is 18.6 Å². The zero-order valence-corrected chi connectivity index (χ0v) is 13.3. The molecule has 0 spiro atoms. The molecule has 2 aliphatic carbocycles. The minimum absolute atomic E-state index is 0.127. The molecule has 1 saturated heterocycles. The standard InChI is InChI=1S/C19H27FN2/c20-16-6-4-15(5-7-16)18-2-1-3-19(18)21-12-14-10-11-22(13-14)17-8-9-17/h4-7,14,17-19,21H,1-3,8-13H2/t14-,18+,19-/m1/s1. The van der Waals surface area contributed by atoms with Gasteiger partial charge in [-0.15, -0.1) is 0 Å². The molecule has 22 heavy (non-hydrogen) atoms. The molecular weight excluding hydrogens is 275 g/mol. The first-order chi connectivity index (χ1) is 10.8. The maximum absolute atomic E-state index is 13.1. The van der Waals surface area contributed by atoms with Gasteiger partial charge in [0.25, 0.3) is 0 Å². The van der Waals surface area contributed by atoms with E-state index < -0.39 is 0 Å². The predicted molar refractivity (Wildman–Crippen MR) is 87.5 cm³/mol. The highest BCUT2D eigenvalue weighted by molar-refractivity contribution is 5.23. The average Bonchev–Trinajstić information content (AvgIpc) is 3.10. The van der Waals surface area contributed by atoms with E-state index in [1.807, 2.05) is 12.1 Å². The van der Waals surface area contributed by atoms with Crippen molar-refractivity contribution in [3.63, 3.8) is 0 Å². The van der Waals surface area contributed by atoms with E-state index in [0.717, 1.165) is 18.5 Å². The lowest BCUT2D eigenvalue weighted by Crippen LogP contribution is -2.36. The van der Waals surface area contributed by atoms with Crippen LogP contribution < -0.4 is 5.32 Å². The third-order valence-electron chi connectivity index (χ3n) is 5.86. The summed E-state index contributed by atoms with van der Waals surface area (Å²) in [6.07, 6.45) is 8.00. The Labute approximate surface area is 133 Å². The van der Waals surface area contributed by atoms with Crippen LogP contribution in [-0.4, -0.2) is 36.6 Å². The molecule has 3 atom stereocenters. The zero-order chi connectivity index (χ0) is 14.9. The van der Waals surface area contributed by atoms with E-state index in [1.54, 1.807) is 12.1 Å². The van der Waals surface area contributed by atoms with Gasteiger partial charge in [0.05, 0.1) is 0 Å². The van der Waals surface area contributed by atoms with Gasteiger partial charge in [-0.05, 0) is 74.7 Å². The largest absolute Gasteiger partial charge is 0.313 e. The predicted octanol–water partition coefficient (Wildman–Crippen LogP) is 3.54. The Bertz CT molecular complexity index is 497. The number of nitrogens with one attached hydrogen (secondary N) is 1. The quantitative estimate of drug-likeness (QED) is 0.895. The van der Waals surface area contributed by atoms with Crippen molar-refractivity contribution in [2.75, 3.05) is 19.6 Å². The molecule has 1 aliphatic heterocycles. The SMILES string of the molecule is Fc1ccc([C@@H]2CCC[C@H]2NC[C@H]2CCN(C3CC3)C2)cc1. The average molecular weight is 302 g/mol. The highest BCUT2D eigenvalue weighted by Crippen LogP contribution is 2.35. The van der Waals surface area contributed by atoms with Crippen LogP contribution in [0.25, 0.3) is 0 Å². The summed E-state index contributed by atoms with van der Waals surface area (Å²) in [6, 6.07) is 8.67. The Morgan fingerprint density at radius 1 is 1.05 bits per heavy atom. The molecule has 4 rings (SSSR count). The number of nitrogens with zero attached hydrogens (tertiary/aromatic N) is 1. The van der Waals surface area contributed by atoms with Gasteiger partial charge in [-0.2, -0.15) is 0 Å². The molecular formula is C19H27FN2. The maximum Gasteiger partial charge on any atom is 0.123 e. The van der Waals surface area contributed by atoms with Gasteiger partial charge in [-0.1, -0.05) is 18.6 Å². The van der Waals surface area contributed by atoms with E-state index in [-0.39, 0.29) is 5.82 Å². The van der Waals surface area contributed by atoms with Gasteiger partial charge in [0.2, 0.25) is 0 Å². The minimum Gasteiger partial charge on any atom is -0.313 e. The molecule has 120 valence electrons. The van der Waals surface area contributed by atoms with Gasteiger partial charge >= 0.3 is 0 Å². The summed E-state index contributed by atoms with van der Waals surface area (Å²) in [5.41, 5.74) is 1.31. The Kier molecular flexibility index (Phi) is 4.19. The fourth-order valence-electron chi connectivity index (χ4n) is 4.43. The van der Waals surface area contributed by atoms with E-state index in [0.29, 0.717) is 12.0 Å². The van der Waals surface area contributed by atoms with Crippen LogP contribution in [0.15, 0.2) is 24.3 Å². The lowest BCUT2D eigenvalue weighted by Gasteiger charge is -2.23. The van der Waals surface area contributed by atoms with Gasteiger partial charge in [-0.3, -0.25) is 0 Å². The zero-order valence-electron chi connectivity index (χ0n) is 13.3. The fraction of sp³-hybridized carbons (Fsp3) is 0.684. The number of hydrogen-bond donors (Lipinski definition) is 1. The summed E-state index contributed by atoms with van der Waals surface area (Å²) >= 11 is 0. The molecule has 0 bridgehead atoms. The molecule has 3 aliphatic rings. The summed E-state index contributed by atoms with van der Waals surface area (Å²) in [4.78, 5) is 2.69. The van der Waals surface area contributed by atoms with Crippen molar-refractivity contribution in [2.45, 2.75) is 56.5 Å². The summed E-state index contributed by atoms with van der Waals surface area (Å²) in [5, 5.41) is 3.85. The molecule has 2 saturated carbocycles. The third-order valence-corrected chi connectivity index (χ3v) is 5.86. The first-order valence-corrected chi connectivity index (χ1v) is 9.02. The van der Waals surface area contributed by atoms with Crippen molar-refractivity contribution in [3.8, 4) is 0 Å². The molecule has 1 aromatic rings. The molecule has 1 heterocycles. The van der Waals surface area contributed by atoms with Gasteiger partial charge in [0.1, 0.15) is 5.82 Å². The van der Waals surface area contributed by atoms with Crippen LogP contribution in [-0.2, 0) is 0 Å². The van der Waals surface area contributed by atoms with E-state index in [2.05, 4.69) is 10.2 Å². The second-order valence-corrected chi connectivity index (χ2v) is 7.48. The van der Waals surface area contributed by atoms with Gasteiger partial charge in [0.15, 0.2) is 0 Å². The highest BCUT2D eigenvalue weighted by Gasteiger charge is 2.35. The topological polar surface area (TPSA) is 15.3 Å². The number of benzene rings is 1. The molecule has 2 nitrogen and oxygen atoms in total. The number of likely N-dealkylation sites (tertiary alicyclic amines) is 1. The summed E-state index contributed by atoms with van der Waals surface area (Å²) in [7, 11) is 0. The van der Waals surface area contributed by atoms with Crippen LogP contribution in [0.5, 0.6) is 0 Å². The van der Waals surface area contributed by atoms with Crippen LogP contribution in [0.2, 0.25) is 0 Å². The number of hydrogen-bond acceptors (Lipinski definition) is 2. The summed E-state index contributed by atoms with van der Waals surface area (Å²) in [5.74, 6) is 1.27. The van der Waals surface area contributed by atoms with Crippen LogP contribution in [0.1, 0.15) is 50.0 Å². The molecule has 0 radical (unpaired) electrons. The van der Waals surface area contributed by atoms with Crippen molar-refractivity contribution in [3.05, 3.63) is 35.6 Å². The van der Waals surface area contributed by atoms with Crippen LogP contribution in [0, 0.1) is 11.7 Å². The fourth-order valence-corrected chi connectivity index (χ4v) is 4.43. The van der Waals surface area contributed by atoms with Crippen LogP contribution in [0.3, 0.4) is 0 Å². The second kappa shape index (κ2) is 6.29. The first-order valence-electron chi connectivity index (χ1n) is 9.02. The van der Waals surface area contributed by atoms with Crippen LogP contribution >= 0.6 is 0 Å². The molecule has 0 unspecified atom stereocenters. The Balaban J connectivity index is 1.31. The lowest BCUT2D eigenvalue weighted by atomic mass is 9.93. The van der Waals surface area contributed by atoms with Crippen molar-refractivity contribution < 1.29 is 4.39 Å². The van der Waals surface area contributed by atoms with Crippen molar-refractivity contribution in [1.82, 2.24) is 10.2 Å². The smallest absolute Gasteiger partial charge is 0.123 e. The van der Waals surface area contributed by atoms with Crippen molar-refractivity contribution >= 4 is 0 Å². The van der Waals surface area contributed by atoms with Crippen molar-refractivity contribution in [2.24, 2.45) is 5.92 Å². The van der Waals surface area contributed by atoms with E-state index >= 15 is 0 Å².